The summed E-state index contributed by atoms with van der Waals surface area (Å²) in [5.41, 5.74) is 1.26. The molecule has 0 fully saturated rings. The van der Waals surface area contributed by atoms with Crippen molar-refractivity contribution in [2.24, 2.45) is 5.92 Å². The van der Waals surface area contributed by atoms with Gasteiger partial charge >= 0.3 is 5.97 Å². The van der Waals surface area contributed by atoms with Crippen molar-refractivity contribution in [1.29, 1.82) is 0 Å². The fraction of sp³-hybridized carbons (Fsp3) is 0.176. The van der Waals surface area contributed by atoms with Gasteiger partial charge in [0.25, 0.3) is 5.91 Å². The molecule has 0 bridgehead atoms. The van der Waals surface area contributed by atoms with Crippen molar-refractivity contribution in [3.8, 4) is 0 Å². The number of amides is 1. The molecule has 22 heavy (non-hydrogen) atoms. The van der Waals surface area contributed by atoms with Crippen LogP contribution in [0.25, 0.3) is 0 Å². The molecule has 0 aliphatic heterocycles. The molecule has 1 atom stereocenters. The van der Waals surface area contributed by atoms with Crippen molar-refractivity contribution in [2.45, 2.75) is 6.42 Å². The summed E-state index contributed by atoms with van der Waals surface area (Å²) in [6.45, 7) is 0.0499. The van der Waals surface area contributed by atoms with E-state index in [1.165, 1.54) is 0 Å². The summed E-state index contributed by atoms with van der Waals surface area (Å²) in [6.07, 6.45) is 0.360. The van der Waals surface area contributed by atoms with Crippen LogP contribution in [0.1, 0.15) is 15.9 Å². The van der Waals surface area contributed by atoms with Crippen LogP contribution in [-0.2, 0) is 11.2 Å². The minimum atomic E-state index is -0.941. The summed E-state index contributed by atoms with van der Waals surface area (Å²) in [6, 6.07) is 16.0. The first-order valence-electron chi connectivity index (χ1n) is 6.87. The van der Waals surface area contributed by atoms with Gasteiger partial charge in [0, 0.05) is 6.54 Å². The number of hydrogen-bond donors (Lipinski definition) is 2. The molecular formula is C17H16ClNO3. The molecule has 5 heteroatoms. The van der Waals surface area contributed by atoms with E-state index in [0.717, 1.165) is 5.56 Å². The fourth-order valence-corrected chi connectivity index (χ4v) is 2.32. The smallest absolute Gasteiger partial charge is 0.308 e. The number of carboxylic acids is 1. The van der Waals surface area contributed by atoms with Gasteiger partial charge in [-0.25, -0.2) is 0 Å². The lowest BCUT2D eigenvalue weighted by Gasteiger charge is -2.14. The van der Waals surface area contributed by atoms with Crippen molar-refractivity contribution in [3.63, 3.8) is 0 Å². The predicted molar refractivity (Wildman–Crippen MR) is 85.1 cm³/mol. The van der Waals surface area contributed by atoms with Crippen LogP contribution in [0.2, 0.25) is 5.02 Å². The molecule has 0 aromatic heterocycles. The molecular weight excluding hydrogens is 302 g/mol. The van der Waals surface area contributed by atoms with Gasteiger partial charge in [-0.1, -0.05) is 54.1 Å². The third kappa shape index (κ3) is 4.33. The van der Waals surface area contributed by atoms with Crippen molar-refractivity contribution in [2.75, 3.05) is 6.54 Å². The molecule has 0 aliphatic carbocycles. The summed E-state index contributed by atoms with van der Waals surface area (Å²) < 4.78 is 0. The molecule has 0 unspecified atom stereocenters. The Labute approximate surface area is 133 Å². The van der Waals surface area contributed by atoms with Crippen molar-refractivity contribution >= 4 is 23.5 Å². The topological polar surface area (TPSA) is 66.4 Å². The quantitative estimate of drug-likeness (QED) is 0.860. The number of aliphatic carboxylic acids is 1. The third-order valence-electron chi connectivity index (χ3n) is 3.30. The minimum absolute atomic E-state index is 0.0499. The van der Waals surface area contributed by atoms with E-state index >= 15 is 0 Å². The van der Waals surface area contributed by atoms with Gasteiger partial charge in [-0.05, 0) is 24.1 Å². The SMILES string of the molecule is O=C(NC[C@@H](Cc1ccccc1)C(=O)O)c1ccccc1Cl. The molecule has 2 aromatic rings. The van der Waals surface area contributed by atoms with Crippen LogP contribution in [-0.4, -0.2) is 23.5 Å². The lowest BCUT2D eigenvalue weighted by atomic mass is 9.99. The van der Waals surface area contributed by atoms with Crippen molar-refractivity contribution in [1.82, 2.24) is 5.32 Å². The molecule has 0 saturated carbocycles. The summed E-state index contributed by atoms with van der Waals surface area (Å²) in [5.74, 6) is -2.00. The summed E-state index contributed by atoms with van der Waals surface area (Å²) in [7, 11) is 0. The summed E-state index contributed by atoms with van der Waals surface area (Å²) >= 11 is 5.95. The highest BCUT2D eigenvalue weighted by atomic mass is 35.5. The third-order valence-corrected chi connectivity index (χ3v) is 3.63. The number of rotatable bonds is 6. The van der Waals surface area contributed by atoms with Crippen LogP contribution >= 0.6 is 11.6 Å². The predicted octanol–water partition coefficient (Wildman–Crippen LogP) is 3.01. The molecule has 2 N–H and O–H groups in total. The number of benzene rings is 2. The fourth-order valence-electron chi connectivity index (χ4n) is 2.10. The number of nitrogens with one attached hydrogen (secondary N) is 1. The Bertz CT molecular complexity index is 658. The van der Waals surface area contributed by atoms with Crippen LogP contribution in [0, 0.1) is 5.92 Å². The van der Waals surface area contributed by atoms with E-state index < -0.39 is 11.9 Å². The van der Waals surface area contributed by atoms with Crippen LogP contribution in [0.15, 0.2) is 54.6 Å². The summed E-state index contributed by atoms with van der Waals surface area (Å²) in [4.78, 5) is 23.4. The molecule has 0 saturated heterocycles. The van der Waals surface area contributed by atoms with Crippen LogP contribution in [0.4, 0.5) is 0 Å². The van der Waals surface area contributed by atoms with E-state index in [9.17, 15) is 14.7 Å². The maximum atomic E-state index is 12.1. The number of carbonyl (C=O) groups is 2. The zero-order valence-electron chi connectivity index (χ0n) is 11.8. The molecule has 0 radical (unpaired) electrons. The van der Waals surface area contributed by atoms with Crippen LogP contribution in [0.3, 0.4) is 0 Å². The molecule has 2 rings (SSSR count). The number of hydrogen-bond acceptors (Lipinski definition) is 2. The molecule has 4 nitrogen and oxygen atoms in total. The number of carbonyl (C=O) groups excluding carboxylic acids is 1. The Hall–Kier alpha value is -2.33. The van der Waals surface area contributed by atoms with Gasteiger partial charge in [0.15, 0.2) is 0 Å². The maximum absolute atomic E-state index is 12.1. The number of carboxylic acid groups (broad SMARTS) is 1. The second-order valence-electron chi connectivity index (χ2n) is 4.91. The van der Waals surface area contributed by atoms with Gasteiger partial charge in [-0.15, -0.1) is 0 Å². The zero-order chi connectivity index (χ0) is 15.9. The number of halogens is 1. The van der Waals surface area contributed by atoms with E-state index in [2.05, 4.69) is 5.32 Å². The average Bonchev–Trinajstić information content (AvgIpc) is 2.52. The Morgan fingerprint density at radius 2 is 1.68 bits per heavy atom. The molecule has 2 aromatic carbocycles. The van der Waals surface area contributed by atoms with E-state index in [0.29, 0.717) is 17.0 Å². The molecule has 0 spiro atoms. The molecule has 0 aliphatic rings. The maximum Gasteiger partial charge on any atom is 0.308 e. The molecule has 1 amide bonds. The van der Waals surface area contributed by atoms with E-state index in [1.54, 1.807) is 24.3 Å². The Morgan fingerprint density at radius 3 is 2.32 bits per heavy atom. The Morgan fingerprint density at radius 1 is 1.05 bits per heavy atom. The minimum Gasteiger partial charge on any atom is -0.481 e. The highest BCUT2D eigenvalue weighted by Crippen LogP contribution is 2.15. The van der Waals surface area contributed by atoms with Gasteiger partial charge in [0.1, 0.15) is 0 Å². The van der Waals surface area contributed by atoms with Crippen molar-refractivity contribution in [3.05, 3.63) is 70.7 Å². The van der Waals surface area contributed by atoms with Gasteiger partial charge in [0.2, 0.25) is 0 Å². The lowest BCUT2D eigenvalue weighted by molar-refractivity contribution is -0.141. The van der Waals surface area contributed by atoms with E-state index in [-0.39, 0.29) is 12.5 Å². The lowest BCUT2D eigenvalue weighted by Crippen LogP contribution is -2.34. The van der Waals surface area contributed by atoms with Crippen LogP contribution < -0.4 is 5.32 Å². The van der Waals surface area contributed by atoms with Gasteiger partial charge in [0.05, 0.1) is 16.5 Å². The first-order chi connectivity index (χ1) is 10.6. The zero-order valence-corrected chi connectivity index (χ0v) is 12.6. The van der Waals surface area contributed by atoms with Gasteiger partial charge < -0.3 is 10.4 Å². The highest BCUT2D eigenvalue weighted by Gasteiger charge is 2.19. The average molecular weight is 318 g/mol. The van der Waals surface area contributed by atoms with E-state index in [4.69, 9.17) is 11.6 Å². The Balaban J connectivity index is 1.99. The second kappa shape index (κ2) is 7.61. The van der Waals surface area contributed by atoms with Gasteiger partial charge in [-0.2, -0.15) is 0 Å². The standard InChI is InChI=1S/C17H16ClNO3/c18-15-9-5-4-8-14(15)16(20)19-11-13(17(21)22)10-12-6-2-1-3-7-12/h1-9,13H,10-11H2,(H,19,20)(H,21,22)/t13-/m1/s1. The van der Waals surface area contributed by atoms with Gasteiger partial charge in [-0.3, -0.25) is 9.59 Å². The Kier molecular flexibility index (Phi) is 5.55. The first-order valence-corrected chi connectivity index (χ1v) is 7.25. The first kappa shape index (κ1) is 16.0. The highest BCUT2D eigenvalue weighted by molar-refractivity contribution is 6.33. The molecule has 114 valence electrons. The normalized spacial score (nSPS) is 11.7. The second-order valence-corrected chi connectivity index (χ2v) is 5.32. The largest absolute Gasteiger partial charge is 0.481 e. The van der Waals surface area contributed by atoms with Crippen LogP contribution in [0.5, 0.6) is 0 Å². The monoisotopic (exact) mass is 317 g/mol. The molecule has 0 heterocycles. The summed E-state index contributed by atoms with van der Waals surface area (Å²) in [5, 5.41) is 12.3. The van der Waals surface area contributed by atoms with Crippen molar-refractivity contribution < 1.29 is 14.7 Å². The van der Waals surface area contributed by atoms with E-state index in [1.807, 2.05) is 30.3 Å².